The van der Waals surface area contributed by atoms with Gasteiger partial charge in [-0.05, 0) is 46.8 Å². The van der Waals surface area contributed by atoms with Crippen LogP contribution in [0.4, 0.5) is 10.5 Å². The van der Waals surface area contributed by atoms with Gasteiger partial charge in [0, 0.05) is 11.0 Å². The number of likely N-dealkylation sites (tertiary alicyclic amines) is 1. The van der Waals surface area contributed by atoms with Crippen LogP contribution < -0.4 is 5.32 Å². The molecule has 1 fully saturated rings. The molecule has 0 bridgehead atoms. The van der Waals surface area contributed by atoms with Crippen molar-refractivity contribution in [2.24, 2.45) is 5.92 Å². The molecule has 0 saturated carbocycles. The first-order valence-electron chi connectivity index (χ1n) is 7.07. The van der Waals surface area contributed by atoms with Gasteiger partial charge in [-0.3, -0.25) is 0 Å². The van der Waals surface area contributed by atoms with E-state index in [4.69, 9.17) is 0 Å². The van der Waals surface area contributed by atoms with Gasteiger partial charge >= 0.3 is 12.0 Å². The van der Waals surface area contributed by atoms with Gasteiger partial charge < -0.3 is 15.3 Å². The van der Waals surface area contributed by atoms with Gasteiger partial charge in [0.15, 0.2) is 0 Å². The standard InChI is InChI=1S/C15H19BrN2O3/c1-2-10-7-8-18(13(9-10)14(19)20)15(21)17-12-6-4-3-5-11(12)16/h3-6,10,13H,2,7-9H2,1H3,(H,17,21)(H,19,20). The van der Waals surface area contributed by atoms with Gasteiger partial charge in [-0.25, -0.2) is 9.59 Å². The average Bonchev–Trinajstić information content (AvgIpc) is 2.48. The van der Waals surface area contributed by atoms with Crippen molar-refractivity contribution in [3.8, 4) is 0 Å². The Kier molecular flexibility index (Phi) is 5.22. The fourth-order valence-electron chi connectivity index (χ4n) is 2.64. The maximum absolute atomic E-state index is 12.4. The highest BCUT2D eigenvalue weighted by Crippen LogP contribution is 2.27. The fraction of sp³-hybridized carbons (Fsp3) is 0.467. The Balaban J connectivity index is 2.10. The molecule has 6 heteroatoms. The summed E-state index contributed by atoms with van der Waals surface area (Å²) in [6, 6.07) is 6.17. The molecule has 1 aromatic carbocycles. The quantitative estimate of drug-likeness (QED) is 0.871. The van der Waals surface area contributed by atoms with Crippen molar-refractivity contribution < 1.29 is 14.7 Å². The minimum Gasteiger partial charge on any atom is -0.480 e. The number of carbonyl (C=O) groups excluding carboxylic acids is 1. The molecule has 114 valence electrons. The molecule has 0 aromatic heterocycles. The van der Waals surface area contributed by atoms with Gasteiger partial charge in [-0.15, -0.1) is 0 Å². The number of carboxylic acid groups (broad SMARTS) is 1. The summed E-state index contributed by atoms with van der Waals surface area (Å²) in [5, 5.41) is 12.1. The van der Waals surface area contributed by atoms with Crippen LogP contribution in [0.15, 0.2) is 28.7 Å². The largest absolute Gasteiger partial charge is 0.480 e. The zero-order valence-electron chi connectivity index (χ0n) is 11.9. The predicted octanol–water partition coefficient (Wildman–Crippen LogP) is 3.56. The average molecular weight is 355 g/mol. The second-order valence-corrected chi connectivity index (χ2v) is 6.11. The summed E-state index contributed by atoms with van der Waals surface area (Å²) >= 11 is 3.36. The number of aliphatic carboxylic acids is 1. The van der Waals surface area contributed by atoms with Gasteiger partial charge in [0.25, 0.3) is 0 Å². The summed E-state index contributed by atoms with van der Waals surface area (Å²) in [4.78, 5) is 25.2. The lowest BCUT2D eigenvalue weighted by Crippen LogP contribution is -2.51. The lowest BCUT2D eigenvalue weighted by Gasteiger charge is -2.36. The smallest absolute Gasteiger partial charge is 0.326 e. The number of nitrogens with one attached hydrogen (secondary N) is 1. The summed E-state index contributed by atoms with van der Waals surface area (Å²) in [7, 11) is 0. The second-order valence-electron chi connectivity index (χ2n) is 5.26. The molecule has 2 atom stereocenters. The number of carboxylic acids is 1. The predicted molar refractivity (Wildman–Crippen MR) is 84.3 cm³/mol. The molecule has 21 heavy (non-hydrogen) atoms. The molecule has 2 amide bonds. The molecule has 1 aliphatic heterocycles. The van der Waals surface area contributed by atoms with E-state index in [0.29, 0.717) is 24.6 Å². The van der Waals surface area contributed by atoms with Crippen LogP contribution in [0.1, 0.15) is 26.2 Å². The second kappa shape index (κ2) is 6.93. The van der Waals surface area contributed by atoms with E-state index in [1.807, 2.05) is 18.2 Å². The van der Waals surface area contributed by atoms with Crippen LogP contribution in [0, 0.1) is 5.92 Å². The normalized spacial score (nSPS) is 21.9. The van der Waals surface area contributed by atoms with E-state index in [2.05, 4.69) is 28.2 Å². The third kappa shape index (κ3) is 3.75. The number of carbonyl (C=O) groups is 2. The van der Waals surface area contributed by atoms with Gasteiger partial charge in [0.05, 0.1) is 5.69 Å². The van der Waals surface area contributed by atoms with Crippen molar-refractivity contribution >= 4 is 33.6 Å². The molecule has 2 N–H and O–H groups in total. The summed E-state index contributed by atoms with van der Waals surface area (Å²) < 4.78 is 0.772. The van der Waals surface area contributed by atoms with E-state index in [0.717, 1.165) is 17.3 Å². The van der Waals surface area contributed by atoms with E-state index >= 15 is 0 Å². The number of para-hydroxylation sites is 1. The third-order valence-electron chi connectivity index (χ3n) is 3.95. The van der Waals surface area contributed by atoms with Crippen molar-refractivity contribution in [2.75, 3.05) is 11.9 Å². The van der Waals surface area contributed by atoms with Crippen LogP contribution in [0.3, 0.4) is 0 Å². The molecule has 1 saturated heterocycles. The number of anilines is 1. The molecular weight excluding hydrogens is 336 g/mol. The number of halogens is 1. The lowest BCUT2D eigenvalue weighted by atomic mass is 9.89. The first kappa shape index (κ1) is 15.8. The highest BCUT2D eigenvalue weighted by atomic mass is 79.9. The SMILES string of the molecule is CCC1CCN(C(=O)Nc2ccccc2Br)C(C(=O)O)C1. The number of rotatable bonds is 3. The lowest BCUT2D eigenvalue weighted by molar-refractivity contribution is -0.143. The van der Waals surface area contributed by atoms with E-state index in [1.54, 1.807) is 6.07 Å². The van der Waals surface area contributed by atoms with Gasteiger partial charge in [0.1, 0.15) is 6.04 Å². The molecule has 2 unspecified atom stereocenters. The number of hydrogen-bond donors (Lipinski definition) is 2. The Morgan fingerprint density at radius 1 is 1.43 bits per heavy atom. The van der Waals surface area contributed by atoms with E-state index in [-0.39, 0.29) is 6.03 Å². The minimum absolute atomic E-state index is 0.358. The molecule has 1 aliphatic rings. The fourth-order valence-corrected chi connectivity index (χ4v) is 3.02. The first-order chi connectivity index (χ1) is 10.0. The van der Waals surface area contributed by atoms with Crippen LogP contribution >= 0.6 is 15.9 Å². The molecule has 1 heterocycles. The van der Waals surface area contributed by atoms with Crippen LogP contribution in [-0.2, 0) is 4.79 Å². The number of benzene rings is 1. The maximum Gasteiger partial charge on any atom is 0.326 e. The minimum atomic E-state index is -0.935. The molecule has 0 spiro atoms. The number of hydrogen-bond acceptors (Lipinski definition) is 2. The Morgan fingerprint density at radius 3 is 2.76 bits per heavy atom. The summed E-state index contributed by atoms with van der Waals surface area (Å²) in [6.07, 6.45) is 2.32. The summed E-state index contributed by atoms with van der Waals surface area (Å²) in [5.41, 5.74) is 0.643. The zero-order chi connectivity index (χ0) is 15.4. The molecule has 5 nitrogen and oxygen atoms in total. The molecule has 1 aromatic rings. The Hall–Kier alpha value is -1.56. The van der Waals surface area contributed by atoms with Crippen LogP contribution in [0.5, 0.6) is 0 Å². The Labute approximate surface area is 132 Å². The number of amides is 2. The first-order valence-corrected chi connectivity index (χ1v) is 7.87. The highest BCUT2D eigenvalue weighted by Gasteiger charge is 2.35. The highest BCUT2D eigenvalue weighted by molar-refractivity contribution is 9.10. The molecule has 0 aliphatic carbocycles. The van der Waals surface area contributed by atoms with Crippen LogP contribution in [0.25, 0.3) is 0 Å². The van der Waals surface area contributed by atoms with Gasteiger partial charge in [-0.2, -0.15) is 0 Å². The van der Waals surface area contributed by atoms with Crippen molar-refractivity contribution in [3.63, 3.8) is 0 Å². The Bertz CT molecular complexity index is 535. The van der Waals surface area contributed by atoms with Crippen molar-refractivity contribution in [1.82, 2.24) is 4.90 Å². The zero-order valence-corrected chi connectivity index (χ0v) is 13.5. The van der Waals surface area contributed by atoms with Gasteiger partial charge in [-0.1, -0.05) is 25.5 Å². The monoisotopic (exact) mass is 354 g/mol. The van der Waals surface area contributed by atoms with Crippen LogP contribution in [-0.4, -0.2) is 34.6 Å². The van der Waals surface area contributed by atoms with Crippen molar-refractivity contribution in [3.05, 3.63) is 28.7 Å². The maximum atomic E-state index is 12.4. The molecule has 0 radical (unpaired) electrons. The topological polar surface area (TPSA) is 69.6 Å². The van der Waals surface area contributed by atoms with Crippen molar-refractivity contribution in [2.45, 2.75) is 32.2 Å². The number of urea groups is 1. The summed E-state index contributed by atoms with van der Waals surface area (Å²) in [5.74, 6) is -0.561. The molecule has 2 rings (SSSR count). The molecular formula is C15H19BrN2O3. The van der Waals surface area contributed by atoms with Gasteiger partial charge in [0.2, 0.25) is 0 Å². The third-order valence-corrected chi connectivity index (χ3v) is 4.64. The Morgan fingerprint density at radius 2 is 2.14 bits per heavy atom. The van der Waals surface area contributed by atoms with E-state index in [1.165, 1.54) is 4.90 Å². The number of nitrogens with zero attached hydrogens (tertiary/aromatic N) is 1. The summed E-state index contributed by atoms with van der Waals surface area (Å²) in [6.45, 7) is 2.53. The van der Waals surface area contributed by atoms with Crippen molar-refractivity contribution in [1.29, 1.82) is 0 Å². The number of piperidine rings is 1. The van der Waals surface area contributed by atoms with Crippen LogP contribution in [0.2, 0.25) is 0 Å². The van der Waals surface area contributed by atoms with E-state index < -0.39 is 12.0 Å². The van der Waals surface area contributed by atoms with E-state index in [9.17, 15) is 14.7 Å².